The molecule has 0 aromatic carbocycles. The number of β-lactam (4-membered cyclic amide) rings is 1. The third-order valence-corrected chi connectivity index (χ3v) is 2.95. The summed E-state index contributed by atoms with van der Waals surface area (Å²) < 4.78 is 0. The van der Waals surface area contributed by atoms with Gasteiger partial charge in [-0.3, -0.25) is 4.79 Å². The van der Waals surface area contributed by atoms with Crippen LogP contribution in [0.1, 0.15) is 13.3 Å². The van der Waals surface area contributed by atoms with Crippen molar-refractivity contribution >= 4 is 17.7 Å². The molecule has 1 atom stereocenters. The average molecular weight is 198 g/mol. The lowest BCUT2D eigenvalue weighted by Gasteiger charge is -2.39. The van der Waals surface area contributed by atoms with Crippen LogP contribution in [0.5, 0.6) is 0 Å². The van der Waals surface area contributed by atoms with Crippen LogP contribution in [-0.2, 0) is 4.79 Å². The molecule has 2 rings (SSSR count). The zero-order valence-corrected chi connectivity index (χ0v) is 8.46. The first kappa shape index (κ1) is 10.2. The molecule has 0 unspecified atom stereocenters. The summed E-state index contributed by atoms with van der Waals surface area (Å²) in [5.41, 5.74) is 4.85. The maximum Gasteiger partial charge on any atom is 0.230 e. The van der Waals surface area contributed by atoms with Gasteiger partial charge >= 0.3 is 0 Å². The van der Waals surface area contributed by atoms with Crippen LogP contribution in [0, 0.1) is 0 Å². The van der Waals surface area contributed by atoms with Crippen LogP contribution in [0.15, 0.2) is 24.6 Å². The number of thioether (sulfide) groups is 1. The van der Waals surface area contributed by atoms with Crippen molar-refractivity contribution < 1.29 is 4.79 Å². The predicted octanol–water partition coefficient (Wildman–Crippen LogP) is 1.28. The summed E-state index contributed by atoms with van der Waals surface area (Å²) in [6, 6.07) is 0. The number of allylic oxidation sites excluding steroid dienone is 1. The molecule has 1 amide bonds. The Balaban J connectivity index is 0.000000184. The van der Waals surface area contributed by atoms with E-state index < -0.39 is 0 Å². The van der Waals surface area contributed by atoms with E-state index in [0.29, 0.717) is 5.37 Å². The highest BCUT2D eigenvalue weighted by Gasteiger charge is 2.35. The summed E-state index contributed by atoms with van der Waals surface area (Å²) >= 11 is 1.84. The van der Waals surface area contributed by atoms with Gasteiger partial charge in [0.25, 0.3) is 0 Å². The normalized spacial score (nSPS) is 24.8. The van der Waals surface area contributed by atoms with Crippen LogP contribution >= 0.6 is 11.8 Å². The van der Waals surface area contributed by atoms with Crippen LogP contribution in [0.25, 0.3) is 0 Å². The van der Waals surface area contributed by atoms with E-state index in [-0.39, 0.29) is 5.91 Å². The summed E-state index contributed by atoms with van der Waals surface area (Å²) in [5, 5.41) is 0.475. The Morgan fingerprint density at radius 1 is 1.77 bits per heavy atom. The molecule has 1 saturated heterocycles. The molecule has 2 N–H and O–H groups in total. The lowest BCUT2D eigenvalue weighted by atomic mass is 10.2. The molecular formula is C9H14N2OS. The Bertz CT molecular complexity index is 234. The average Bonchev–Trinajstić information content (AvgIpc) is 2.17. The molecule has 4 heteroatoms. The van der Waals surface area contributed by atoms with E-state index in [9.17, 15) is 4.79 Å². The van der Waals surface area contributed by atoms with Crippen molar-refractivity contribution in [1.29, 1.82) is 0 Å². The van der Waals surface area contributed by atoms with Gasteiger partial charge in [0.05, 0.1) is 11.8 Å². The van der Waals surface area contributed by atoms with Crippen LogP contribution in [0.2, 0.25) is 0 Å². The van der Waals surface area contributed by atoms with Gasteiger partial charge in [-0.25, -0.2) is 0 Å². The van der Waals surface area contributed by atoms with E-state index in [1.54, 1.807) is 11.0 Å². The van der Waals surface area contributed by atoms with Crippen molar-refractivity contribution in [2.24, 2.45) is 5.73 Å². The first-order chi connectivity index (χ1) is 6.29. The molecule has 2 aliphatic heterocycles. The monoisotopic (exact) mass is 198 g/mol. The highest BCUT2D eigenvalue weighted by atomic mass is 32.2. The maximum absolute atomic E-state index is 10.7. The van der Waals surface area contributed by atoms with Gasteiger partial charge < -0.3 is 10.6 Å². The van der Waals surface area contributed by atoms with Crippen molar-refractivity contribution in [1.82, 2.24) is 4.90 Å². The molecular weight excluding hydrogens is 184 g/mol. The lowest BCUT2D eigenvalue weighted by Crippen LogP contribution is -2.48. The molecule has 3 nitrogen and oxygen atoms in total. The van der Waals surface area contributed by atoms with Gasteiger partial charge in [0.2, 0.25) is 5.91 Å². The Morgan fingerprint density at radius 3 is 2.85 bits per heavy atom. The SMILES string of the molecule is CC=CN.O=C1C[C@H]2SCC=CN12. The molecule has 0 saturated carbocycles. The number of carbonyl (C=O) groups is 1. The van der Waals surface area contributed by atoms with Crippen molar-refractivity contribution in [2.75, 3.05) is 5.75 Å². The van der Waals surface area contributed by atoms with Gasteiger partial charge in [-0.15, -0.1) is 11.8 Å². The van der Waals surface area contributed by atoms with Crippen molar-refractivity contribution in [3.8, 4) is 0 Å². The summed E-state index contributed by atoms with van der Waals surface area (Å²) in [7, 11) is 0. The van der Waals surface area contributed by atoms with Gasteiger partial charge in [-0.2, -0.15) is 0 Å². The fourth-order valence-electron chi connectivity index (χ4n) is 1.04. The Hall–Kier alpha value is -0.900. The minimum absolute atomic E-state index is 0.267. The third-order valence-electron chi connectivity index (χ3n) is 1.79. The van der Waals surface area contributed by atoms with Crippen LogP contribution in [0.4, 0.5) is 0 Å². The summed E-state index contributed by atoms with van der Waals surface area (Å²) in [6.45, 7) is 1.88. The first-order valence-corrected chi connectivity index (χ1v) is 5.26. The minimum atomic E-state index is 0.267. The molecule has 0 bridgehead atoms. The zero-order valence-electron chi connectivity index (χ0n) is 7.64. The molecule has 1 fully saturated rings. The molecule has 0 aliphatic carbocycles. The lowest BCUT2D eigenvalue weighted by molar-refractivity contribution is -0.137. The highest BCUT2D eigenvalue weighted by Crippen LogP contribution is 2.32. The minimum Gasteiger partial charge on any atom is -0.405 e. The van der Waals surface area contributed by atoms with Gasteiger partial charge in [-0.05, 0) is 13.1 Å². The van der Waals surface area contributed by atoms with Gasteiger partial charge in [0.15, 0.2) is 0 Å². The fourth-order valence-corrected chi connectivity index (χ4v) is 2.07. The number of hydrogen-bond acceptors (Lipinski definition) is 3. The van der Waals surface area contributed by atoms with Gasteiger partial charge in [0, 0.05) is 12.0 Å². The van der Waals surface area contributed by atoms with E-state index in [1.807, 2.05) is 31.0 Å². The Morgan fingerprint density at radius 2 is 2.46 bits per heavy atom. The maximum atomic E-state index is 10.7. The number of nitrogens with zero attached hydrogens (tertiary/aromatic N) is 1. The van der Waals surface area contributed by atoms with Crippen molar-refractivity contribution in [2.45, 2.75) is 18.7 Å². The number of rotatable bonds is 0. The number of hydrogen-bond donors (Lipinski definition) is 1. The summed E-state index contributed by atoms with van der Waals surface area (Å²) in [4.78, 5) is 12.5. The van der Waals surface area contributed by atoms with Gasteiger partial charge in [0.1, 0.15) is 0 Å². The largest absolute Gasteiger partial charge is 0.405 e. The number of nitrogens with two attached hydrogens (primary N) is 1. The predicted molar refractivity (Wildman–Crippen MR) is 55.9 cm³/mol. The molecule has 0 aromatic heterocycles. The van der Waals surface area contributed by atoms with E-state index >= 15 is 0 Å². The summed E-state index contributed by atoms with van der Waals surface area (Å²) in [6.07, 6.45) is 7.94. The third kappa shape index (κ3) is 2.52. The molecule has 2 aliphatic rings. The quantitative estimate of drug-likeness (QED) is 0.596. The van der Waals surface area contributed by atoms with Crippen molar-refractivity contribution in [3.63, 3.8) is 0 Å². The second-order valence-electron chi connectivity index (χ2n) is 2.70. The molecule has 0 aromatic rings. The molecule has 0 radical (unpaired) electrons. The highest BCUT2D eigenvalue weighted by molar-refractivity contribution is 8.00. The Kier molecular flexibility index (Phi) is 3.89. The Labute approximate surface area is 82.7 Å². The molecule has 2 heterocycles. The van der Waals surface area contributed by atoms with Crippen LogP contribution in [-0.4, -0.2) is 21.9 Å². The number of fused-ring (bicyclic) bond motifs is 1. The van der Waals surface area contributed by atoms with Crippen LogP contribution in [0.3, 0.4) is 0 Å². The second-order valence-corrected chi connectivity index (χ2v) is 3.91. The smallest absolute Gasteiger partial charge is 0.230 e. The van der Waals surface area contributed by atoms with Crippen molar-refractivity contribution in [3.05, 3.63) is 24.6 Å². The number of amides is 1. The van der Waals surface area contributed by atoms with E-state index in [2.05, 4.69) is 0 Å². The van der Waals surface area contributed by atoms with E-state index in [4.69, 9.17) is 5.73 Å². The van der Waals surface area contributed by atoms with Gasteiger partial charge in [-0.1, -0.05) is 12.2 Å². The number of carbonyl (C=O) groups excluding carboxylic acids is 1. The van der Waals surface area contributed by atoms with E-state index in [0.717, 1.165) is 12.2 Å². The summed E-state index contributed by atoms with van der Waals surface area (Å²) in [5.74, 6) is 1.33. The topological polar surface area (TPSA) is 46.3 Å². The molecule has 0 spiro atoms. The van der Waals surface area contributed by atoms with Crippen LogP contribution < -0.4 is 5.73 Å². The molecule has 13 heavy (non-hydrogen) atoms. The first-order valence-electron chi connectivity index (χ1n) is 4.22. The standard InChI is InChI=1S/C6H7NOS.C3H7N/c8-5-4-6-7(5)2-1-3-9-6;1-2-3-4/h1-2,6H,3-4H2;2-3H,4H2,1H3/t6-;/m1./s1. The van der Waals surface area contributed by atoms with E-state index in [1.165, 1.54) is 6.20 Å². The zero-order chi connectivity index (χ0) is 9.68. The fraction of sp³-hybridized carbons (Fsp3) is 0.444. The second kappa shape index (κ2) is 4.97. The molecule has 72 valence electrons.